The summed E-state index contributed by atoms with van der Waals surface area (Å²) in [5.41, 5.74) is -0.853. The van der Waals surface area contributed by atoms with Gasteiger partial charge in [-0.3, -0.25) is 4.79 Å². The monoisotopic (exact) mass is 308 g/mol. The third-order valence-electron chi connectivity index (χ3n) is 4.11. The number of rotatable bonds is 3. The number of nitrogens with one attached hydrogen (secondary N) is 1. The Morgan fingerprint density at radius 2 is 1.91 bits per heavy atom. The van der Waals surface area contributed by atoms with Crippen molar-refractivity contribution in [3.63, 3.8) is 0 Å². The highest BCUT2D eigenvalue weighted by atomic mass is 19.1. The lowest BCUT2D eigenvalue weighted by Crippen LogP contribution is -2.41. The molecule has 1 aliphatic rings. The van der Waals surface area contributed by atoms with Crippen LogP contribution in [-0.2, 0) is 0 Å². The Bertz CT molecular complexity index is 575. The summed E-state index contributed by atoms with van der Waals surface area (Å²) in [4.78, 5) is 12.2. The predicted molar refractivity (Wildman–Crippen MR) is 76.0 cm³/mol. The number of aliphatic hydroxyl groups excluding tert-OH is 1. The molecule has 1 aromatic carbocycles. The topological polar surface area (TPSA) is 73.1 Å². The maximum absolute atomic E-state index is 13.9. The normalized spacial score (nSPS) is 21.7. The molecule has 1 fully saturated rings. The van der Waals surface area contributed by atoms with Gasteiger partial charge in [0.05, 0.1) is 11.6 Å². The minimum atomic E-state index is -1.05. The van der Waals surface area contributed by atoms with Gasteiger partial charge < -0.3 is 10.4 Å². The molecule has 2 N–H and O–H groups in total. The van der Waals surface area contributed by atoms with Crippen LogP contribution >= 0.6 is 0 Å². The molecule has 1 amide bonds. The van der Waals surface area contributed by atoms with E-state index in [1.54, 1.807) is 6.07 Å². The van der Waals surface area contributed by atoms with Crippen LogP contribution in [0.1, 0.15) is 48.0 Å². The average molecular weight is 308 g/mol. The van der Waals surface area contributed by atoms with Crippen LogP contribution in [0.25, 0.3) is 0 Å². The van der Waals surface area contributed by atoms with Crippen LogP contribution in [0.3, 0.4) is 0 Å². The van der Waals surface area contributed by atoms with Gasteiger partial charge in [-0.1, -0.05) is 19.3 Å². The van der Waals surface area contributed by atoms with E-state index in [1.807, 2.05) is 0 Å². The van der Waals surface area contributed by atoms with Crippen molar-refractivity contribution in [2.75, 3.05) is 6.61 Å². The van der Waals surface area contributed by atoms with E-state index in [1.165, 1.54) is 0 Å². The second-order valence-electron chi connectivity index (χ2n) is 5.59. The summed E-state index contributed by atoms with van der Waals surface area (Å²) in [5, 5.41) is 20.7. The number of carbonyl (C=O) groups is 1. The van der Waals surface area contributed by atoms with E-state index in [-0.39, 0.29) is 24.1 Å². The fourth-order valence-corrected chi connectivity index (χ4v) is 2.89. The van der Waals surface area contributed by atoms with E-state index in [2.05, 4.69) is 5.32 Å². The Balaban J connectivity index is 2.19. The van der Waals surface area contributed by atoms with Crippen LogP contribution in [0.5, 0.6) is 0 Å². The minimum Gasteiger partial charge on any atom is -0.396 e. The van der Waals surface area contributed by atoms with Crippen molar-refractivity contribution in [1.82, 2.24) is 5.32 Å². The van der Waals surface area contributed by atoms with Crippen molar-refractivity contribution < 1.29 is 18.7 Å². The molecule has 2 atom stereocenters. The van der Waals surface area contributed by atoms with E-state index < -0.39 is 23.1 Å². The third-order valence-corrected chi connectivity index (χ3v) is 4.11. The van der Waals surface area contributed by atoms with Gasteiger partial charge in [-0.25, -0.2) is 8.78 Å². The molecule has 1 aliphatic carbocycles. The Labute approximate surface area is 127 Å². The maximum atomic E-state index is 13.9. The average Bonchev–Trinajstić information content (AvgIpc) is 2.71. The van der Waals surface area contributed by atoms with Crippen molar-refractivity contribution in [1.29, 1.82) is 5.26 Å². The van der Waals surface area contributed by atoms with Crippen LogP contribution in [0.2, 0.25) is 0 Å². The Kier molecular flexibility index (Phi) is 5.45. The van der Waals surface area contributed by atoms with Crippen LogP contribution < -0.4 is 5.32 Å². The Hall–Kier alpha value is -2.00. The molecule has 2 rings (SSSR count). The van der Waals surface area contributed by atoms with Crippen molar-refractivity contribution >= 4 is 5.91 Å². The van der Waals surface area contributed by atoms with Gasteiger partial charge in [0.1, 0.15) is 17.2 Å². The molecule has 0 heterocycles. The lowest BCUT2D eigenvalue weighted by Gasteiger charge is -2.24. The van der Waals surface area contributed by atoms with E-state index in [4.69, 9.17) is 5.26 Å². The van der Waals surface area contributed by atoms with Crippen molar-refractivity contribution in [2.45, 2.75) is 38.1 Å². The zero-order chi connectivity index (χ0) is 16.1. The van der Waals surface area contributed by atoms with E-state index in [0.29, 0.717) is 6.42 Å². The molecule has 1 saturated carbocycles. The van der Waals surface area contributed by atoms with Gasteiger partial charge >= 0.3 is 0 Å². The molecule has 0 aromatic heterocycles. The molecule has 0 saturated heterocycles. The highest BCUT2D eigenvalue weighted by Gasteiger charge is 2.27. The number of aliphatic hydroxyl groups is 1. The molecular weight excluding hydrogens is 290 g/mol. The smallest absolute Gasteiger partial charge is 0.257 e. The van der Waals surface area contributed by atoms with Crippen molar-refractivity contribution in [3.8, 4) is 6.07 Å². The molecule has 1 aromatic rings. The zero-order valence-electron chi connectivity index (χ0n) is 12.1. The fraction of sp³-hybridized carbons (Fsp3) is 0.500. The minimum absolute atomic E-state index is 0.0662. The number of hydrogen-bond acceptors (Lipinski definition) is 3. The first kappa shape index (κ1) is 16.4. The molecule has 2 unspecified atom stereocenters. The number of amides is 1. The second kappa shape index (κ2) is 7.32. The van der Waals surface area contributed by atoms with Gasteiger partial charge in [-0.15, -0.1) is 0 Å². The van der Waals surface area contributed by atoms with Crippen LogP contribution in [0, 0.1) is 28.9 Å². The summed E-state index contributed by atoms with van der Waals surface area (Å²) >= 11 is 0. The molecule has 0 bridgehead atoms. The first-order valence-corrected chi connectivity index (χ1v) is 7.37. The van der Waals surface area contributed by atoms with E-state index in [9.17, 15) is 18.7 Å². The zero-order valence-corrected chi connectivity index (χ0v) is 12.1. The summed E-state index contributed by atoms with van der Waals surface area (Å²) in [5.74, 6) is -3.05. The summed E-state index contributed by atoms with van der Waals surface area (Å²) in [6.45, 7) is -0.0662. The second-order valence-corrected chi connectivity index (χ2v) is 5.59. The number of nitriles is 1. The largest absolute Gasteiger partial charge is 0.396 e. The molecule has 0 radical (unpaired) electrons. The maximum Gasteiger partial charge on any atom is 0.257 e. The number of benzene rings is 1. The Morgan fingerprint density at radius 3 is 2.50 bits per heavy atom. The van der Waals surface area contributed by atoms with Gasteiger partial charge in [-0.2, -0.15) is 5.26 Å². The SMILES string of the molecule is N#Cc1cc(F)c(C(=O)NC2CCCCCC2CO)c(F)c1. The lowest BCUT2D eigenvalue weighted by atomic mass is 9.95. The summed E-state index contributed by atoms with van der Waals surface area (Å²) in [7, 11) is 0. The molecule has 4 nitrogen and oxygen atoms in total. The predicted octanol–water partition coefficient (Wildman–Crippen LogP) is 2.51. The van der Waals surface area contributed by atoms with Crippen molar-refractivity contribution in [3.05, 3.63) is 34.9 Å². The summed E-state index contributed by atoms with van der Waals surface area (Å²) in [6.07, 6.45) is 4.34. The van der Waals surface area contributed by atoms with Gasteiger partial charge in [0.15, 0.2) is 0 Å². The first-order valence-electron chi connectivity index (χ1n) is 7.37. The molecular formula is C16H18F2N2O2. The standard InChI is InChI=1S/C16H18F2N2O2/c17-12-6-10(8-19)7-13(18)15(12)16(22)20-14-5-3-1-2-4-11(14)9-21/h6-7,11,14,21H,1-5,9H2,(H,20,22). The highest BCUT2D eigenvalue weighted by Crippen LogP contribution is 2.24. The van der Waals surface area contributed by atoms with E-state index >= 15 is 0 Å². The molecule has 118 valence electrons. The number of hydrogen-bond donors (Lipinski definition) is 2. The van der Waals surface area contributed by atoms with Crippen LogP contribution in [0.15, 0.2) is 12.1 Å². The first-order chi connectivity index (χ1) is 10.6. The quantitative estimate of drug-likeness (QED) is 0.843. The van der Waals surface area contributed by atoms with E-state index in [0.717, 1.165) is 37.8 Å². The molecule has 0 aliphatic heterocycles. The summed E-state index contributed by atoms with van der Waals surface area (Å²) < 4.78 is 27.7. The van der Waals surface area contributed by atoms with Crippen LogP contribution in [0.4, 0.5) is 8.78 Å². The number of nitrogens with zero attached hydrogens (tertiary/aromatic N) is 1. The van der Waals surface area contributed by atoms with Crippen LogP contribution in [-0.4, -0.2) is 23.7 Å². The van der Waals surface area contributed by atoms with Crippen molar-refractivity contribution in [2.24, 2.45) is 5.92 Å². The summed E-state index contributed by atoms with van der Waals surface area (Å²) in [6, 6.07) is 3.02. The molecule has 6 heteroatoms. The number of halogens is 2. The number of carbonyl (C=O) groups excluding carboxylic acids is 1. The highest BCUT2D eigenvalue weighted by molar-refractivity contribution is 5.95. The lowest BCUT2D eigenvalue weighted by molar-refractivity contribution is 0.0891. The van der Waals surface area contributed by atoms with Gasteiger partial charge in [0.25, 0.3) is 5.91 Å². The fourth-order valence-electron chi connectivity index (χ4n) is 2.89. The molecule has 0 spiro atoms. The Morgan fingerprint density at radius 1 is 1.27 bits per heavy atom. The third kappa shape index (κ3) is 3.60. The van der Waals surface area contributed by atoms with Gasteiger partial charge in [0, 0.05) is 18.6 Å². The van der Waals surface area contributed by atoms with Gasteiger partial charge in [0.2, 0.25) is 0 Å². The molecule has 22 heavy (non-hydrogen) atoms. The van der Waals surface area contributed by atoms with Gasteiger partial charge in [-0.05, 0) is 25.0 Å².